The van der Waals surface area contributed by atoms with Crippen LogP contribution in [0, 0.1) is 18.3 Å². The number of rotatable bonds is 3. The van der Waals surface area contributed by atoms with E-state index in [-0.39, 0.29) is 11.4 Å². The summed E-state index contributed by atoms with van der Waals surface area (Å²) in [5.41, 5.74) is 0.954. The Balaban J connectivity index is 3.07. The SMILES string of the molecule is Cc1ccc(S(=O)(=O)N(Cl)CC#N)cc1. The summed E-state index contributed by atoms with van der Waals surface area (Å²) in [5, 5.41) is 8.35. The lowest BCUT2D eigenvalue weighted by Gasteiger charge is -2.10. The summed E-state index contributed by atoms with van der Waals surface area (Å²) in [5.74, 6) is 0. The largest absolute Gasteiger partial charge is 0.257 e. The average molecular weight is 245 g/mol. The minimum atomic E-state index is -3.74. The van der Waals surface area contributed by atoms with Crippen molar-refractivity contribution in [3.63, 3.8) is 0 Å². The molecular formula is C9H9ClN2O2S. The highest BCUT2D eigenvalue weighted by molar-refractivity contribution is 7.90. The molecule has 1 aromatic carbocycles. The van der Waals surface area contributed by atoms with Gasteiger partial charge in [-0.25, -0.2) is 8.42 Å². The van der Waals surface area contributed by atoms with Gasteiger partial charge in [0.05, 0.1) is 11.0 Å². The van der Waals surface area contributed by atoms with Crippen LogP contribution >= 0.6 is 11.8 Å². The maximum absolute atomic E-state index is 11.7. The van der Waals surface area contributed by atoms with Crippen molar-refractivity contribution in [1.29, 1.82) is 5.26 Å². The molecule has 0 saturated carbocycles. The van der Waals surface area contributed by atoms with E-state index in [9.17, 15) is 8.42 Å². The summed E-state index contributed by atoms with van der Waals surface area (Å²) < 4.78 is 23.9. The molecule has 0 N–H and O–H groups in total. The molecule has 0 radical (unpaired) electrons. The molecule has 6 heteroatoms. The van der Waals surface area contributed by atoms with Crippen molar-refractivity contribution in [3.8, 4) is 6.07 Å². The number of hydrogen-bond donors (Lipinski definition) is 0. The van der Waals surface area contributed by atoms with Gasteiger partial charge in [0.25, 0.3) is 10.0 Å². The third-order valence-corrected chi connectivity index (χ3v) is 3.96. The highest BCUT2D eigenvalue weighted by Crippen LogP contribution is 2.17. The number of sulfonamides is 1. The first-order valence-electron chi connectivity index (χ1n) is 4.10. The molecule has 0 heterocycles. The number of nitriles is 1. The van der Waals surface area contributed by atoms with E-state index in [0.717, 1.165) is 5.56 Å². The van der Waals surface area contributed by atoms with Gasteiger partial charge in [0.15, 0.2) is 0 Å². The minimum absolute atomic E-state index is 0.0818. The van der Waals surface area contributed by atoms with Gasteiger partial charge in [-0.05, 0) is 30.8 Å². The Morgan fingerprint density at radius 3 is 2.40 bits per heavy atom. The second-order valence-corrected chi connectivity index (χ2v) is 5.39. The number of benzene rings is 1. The molecule has 0 bridgehead atoms. The van der Waals surface area contributed by atoms with E-state index >= 15 is 0 Å². The van der Waals surface area contributed by atoms with Crippen molar-refractivity contribution in [2.75, 3.05) is 6.54 Å². The Kier molecular flexibility index (Phi) is 3.69. The van der Waals surface area contributed by atoms with Crippen LogP contribution in [0.15, 0.2) is 29.2 Å². The van der Waals surface area contributed by atoms with E-state index in [1.165, 1.54) is 12.1 Å². The average Bonchev–Trinajstić information content (AvgIpc) is 2.18. The molecule has 0 atom stereocenters. The molecular weight excluding hydrogens is 236 g/mol. The van der Waals surface area contributed by atoms with Gasteiger partial charge in [0.2, 0.25) is 0 Å². The smallest absolute Gasteiger partial charge is 0.206 e. The summed E-state index contributed by atoms with van der Waals surface area (Å²) in [7, 11) is -3.74. The van der Waals surface area contributed by atoms with E-state index in [0.29, 0.717) is 3.82 Å². The van der Waals surface area contributed by atoms with Crippen molar-refractivity contribution in [2.24, 2.45) is 0 Å². The Bertz CT molecular complexity index is 476. The Labute approximate surface area is 93.9 Å². The zero-order chi connectivity index (χ0) is 11.5. The molecule has 80 valence electrons. The van der Waals surface area contributed by atoms with Crippen LogP contribution in [0.25, 0.3) is 0 Å². The lowest BCUT2D eigenvalue weighted by molar-refractivity contribution is 0.552. The molecule has 4 nitrogen and oxygen atoms in total. The van der Waals surface area contributed by atoms with Crippen LogP contribution in [0.2, 0.25) is 0 Å². The highest BCUT2D eigenvalue weighted by Gasteiger charge is 2.22. The van der Waals surface area contributed by atoms with Crippen LogP contribution < -0.4 is 0 Å². The summed E-state index contributed by atoms with van der Waals surface area (Å²) in [4.78, 5) is 0.0818. The quantitative estimate of drug-likeness (QED) is 0.600. The predicted octanol–water partition coefficient (Wildman–Crippen LogP) is 1.66. The Morgan fingerprint density at radius 1 is 1.40 bits per heavy atom. The molecule has 0 aliphatic heterocycles. The maximum atomic E-state index is 11.7. The van der Waals surface area contributed by atoms with Crippen LogP contribution in [-0.4, -0.2) is 18.8 Å². The minimum Gasteiger partial charge on any atom is -0.206 e. The number of nitrogens with zero attached hydrogens (tertiary/aromatic N) is 2. The van der Waals surface area contributed by atoms with Gasteiger partial charge < -0.3 is 0 Å². The Morgan fingerprint density at radius 2 is 1.93 bits per heavy atom. The topological polar surface area (TPSA) is 61.2 Å². The second-order valence-electron chi connectivity index (χ2n) is 2.92. The van der Waals surface area contributed by atoms with Gasteiger partial charge in [-0.3, -0.25) is 0 Å². The molecule has 0 aromatic heterocycles. The van der Waals surface area contributed by atoms with Crippen molar-refractivity contribution >= 4 is 21.8 Å². The fourth-order valence-corrected chi connectivity index (χ4v) is 2.19. The number of halogens is 1. The van der Waals surface area contributed by atoms with Crippen molar-refractivity contribution < 1.29 is 8.42 Å². The summed E-state index contributed by atoms with van der Waals surface area (Å²) in [6.07, 6.45) is 0. The Hall–Kier alpha value is -1.09. The fourth-order valence-electron chi connectivity index (χ4n) is 0.965. The first-order chi connectivity index (χ1) is 6.98. The first-order valence-corrected chi connectivity index (χ1v) is 5.88. The molecule has 0 fully saturated rings. The van der Waals surface area contributed by atoms with Crippen molar-refractivity contribution in [3.05, 3.63) is 29.8 Å². The molecule has 0 unspecified atom stereocenters. The van der Waals surface area contributed by atoms with Gasteiger partial charge in [0, 0.05) is 0 Å². The zero-order valence-corrected chi connectivity index (χ0v) is 9.59. The third-order valence-electron chi connectivity index (χ3n) is 1.77. The number of hydrogen-bond acceptors (Lipinski definition) is 3. The van der Waals surface area contributed by atoms with Crippen LogP contribution in [-0.2, 0) is 10.0 Å². The van der Waals surface area contributed by atoms with Crippen LogP contribution in [0.5, 0.6) is 0 Å². The lowest BCUT2D eigenvalue weighted by Crippen LogP contribution is -2.22. The molecule has 0 spiro atoms. The molecule has 0 aliphatic carbocycles. The van der Waals surface area contributed by atoms with E-state index < -0.39 is 10.0 Å². The normalized spacial score (nSPS) is 11.3. The molecule has 0 amide bonds. The fraction of sp³-hybridized carbons (Fsp3) is 0.222. The van der Waals surface area contributed by atoms with Crippen molar-refractivity contribution in [1.82, 2.24) is 3.82 Å². The van der Waals surface area contributed by atoms with Gasteiger partial charge in [-0.1, -0.05) is 21.5 Å². The maximum Gasteiger partial charge on any atom is 0.257 e. The summed E-state index contributed by atoms with van der Waals surface area (Å²) in [6, 6.07) is 7.92. The van der Waals surface area contributed by atoms with Crippen LogP contribution in [0.3, 0.4) is 0 Å². The summed E-state index contributed by atoms with van der Waals surface area (Å²) in [6.45, 7) is 1.47. The summed E-state index contributed by atoms with van der Waals surface area (Å²) >= 11 is 5.47. The zero-order valence-electron chi connectivity index (χ0n) is 8.01. The second kappa shape index (κ2) is 4.62. The number of aryl methyl sites for hydroxylation is 1. The highest BCUT2D eigenvalue weighted by atomic mass is 35.5. The molecule has 1 rings (SSSR count). The molecule has 0 aliphatic rings. The van der Waals surface area contributed by atoms with Gasteiger partial charge in [-0.15, -0.1) is 0 Å². The molecule has 15 heavy (non-hydrogen) atoms. The third kappa shape index (κ3) is 2.69. The molecule has 0 saturated heterocycles. The first kappa shape index (κ1) is 12.0. The van der Waals surface area contributed by atoms with Gasteiger partial charge >= 0.3 is 0 Å². The molecule has 1 aromatic rings. The van der Waals surface area contributed by atoms with E-state index in [4.69, 9.17) is 17.0 Å². The monoisotopic (exact) mass is 244 g/mol. The van der Waals surface area contributed by atoms with E-state index in [2.05, 4.69) is 0 Å². The van der Waals surface area contributed by atoms with Crippen LogP contribution in [0.1, 0.15) is 5.56 Å². The van der Waals surface area contributed by atoms with Gasteiger partial charge in [-0.2, -0.15) is 5.26 Å². The van der Waals surface area contributed by atoms with Crippen LogP contribution in [0.4, 0.5) is 0 Å². The van der Waals surface area contributed by atoms with E-state index in [1.54, 1.807) is 18.2 Å². The van der Waals surface area contributed by atoms with E-state index in [1.807, 2.05) is 6.92 Å². The lowest BCUT2D eigenvalue weighted by atomic mass is 10.2. The van der Waals surface area contributed by atoms with Crippen molar-refractivity contribution in [2.45, 2.75) is 11.8 Å². The predicted molar refractivity (Wildman–Crippen MR) is 56.5 cm³/mol. The van der Waals surface area contributed by atoms with Gasteiger partial charge in [0.1, 0.15) is 6.54 Å². The standard InChI is InChI=1S/C9H9ClN2O2S/c1-8-2-4-9(5-3-8)15(13,14)12(10)7-6-11/h2-5H,7H2,1H3.